The normalized spacial score (nSPS) is 21.1. The van der Waals surface area contributed by atoms with Crippen LogP contribution < -0.4 is 0 Å². The van der Waals surface area contributed by atoms with Gasteiger partial charge in [-0.25, -0.2) is 9.59 Å². The SMILES string of the molecule is COC(=O)C1(C)OC(=O)C(C)=C1OS(=O)(=O)c1ccc(Br)cc1. The van der Waals surface area contributed by atoms with Crippen molar-refractivity contribution in [3.8, 4) is 0 Å². The van der Waals surface area contributed by atoms with Gasteiger partial charge in [-0.2, -0.15) is 8.42 Å². The van der Waals surface area contributed by atoms with Gasteiger partial charge < -0.3 is 13.7 Å². The summed E-state index contributed by atoms with van der Waals surface area (Å²) >= 11 is 3.19. The molecule has 0 aliphatic carbocycles. The van der Waals surface area contributed by atoms with Gasteiger partial charge in [0.2, 0.25) is 0 Å². The van der Waals surface area contributed by atoms with E-state index >= 15 is 0 Å². The second-order valence-corrected chi connectivity index (χ2v) is 7.32. The molecule has 1 unspecified atom stereocenters. The summed E-state index contributed by atoms with van der Waals surface area (Å²) < 4.78 is 40.0. The van der Waals surface area contributed by atoms with Gasteiger partial charge in [0, 0.05) is 4.47 Å². The molecule has 2 rings (SSSR count). The molecule has 0 amide bonds. The fourth-order valence-electron chi connectivity index (χ4n) is 1.99. The highest BCUT2D eigenvalue weighted by Gasteiger charge is 2.53. The van der Waals surface area contributed by atoms with E-state index in [4.69, 9.17) is 8.92 Å². The summed E-state index contributed by atoms with van der Waals surface area (Å²) in [5, 5.41) is 0. The van der Waals surface area contributed by atoms with Crippen LogP contribution in [0.15, 0.2) is 45.0 Å². The number of carbonyl (C=O) groups excluding carboxylic acids is 2. The van der Waals surface area contributed by atoms with E-state index in [0.717, 1.165) is 7.11 Å². The molecular formula is C14H13BrO7S. The van der Waals surface area contributed by atoms with Crippen LogP contribution in [0.5, 0.6) is 0 Å². The number of rotatable bonds is 4. The zero-order valence-electron chi connectivity index (χ0n) is 12.5. The molecule has 1 aliphatic heterocycles. The Hall–Kier alpha value is -1.87. The van der Waals surface area contributed by atoms with E-state index in [9.17, 15) is 18.0 Å². The lowest BCUT2D eigenvalue weighted by molar-refractivity contribution is -0.170. The van der Waals surface area contributed by atoms with Crippen LogP contribution in [0.2, 0.25) is 0 Å². The van der Waals surface area contributed by atoms with Gasteiger partial charge in [-0.3, -0.25) is 0 Å². The van der Waals surface area contributed by atoms with E-state index in [0.29, 0.717) is 4.47 Å². The maximum Gasteiger partial charge on any atom is 0.358 e. The summed E-state index contributed by atoms with van der Waals surface area (Å²) in [5.41, 5.74) is -2.06. The minimum atomic E-state index is -4.25. The molecule has 0 saturated carbocycles. The van der Waals surface area contributed by atoms with Gasteiger partial charge in [-0.1, -0.05) is 15.9 Å². The van der Waals surface area contributed by atoms with Gasteiger partial charge in [-0.05, 0) is 38.1 Å². The number of cyclic esters (lactones) is 1. The van der Waals surface area contributed by atoms with Crippen molar-refractivity contribution in [2.45, 2.75) is 24.3 Å². The monoisotopic (exact) mass is 404 g/mol. The molecule has 1 aromatic rings. The maximum absolute atomic E-state index is 12.4. The fourth-order valence-corrected chi connectivity index (χ4v) is 3.32. The van der Waals surface area contributed by atoms with Crippen LogP contribution in [-0.4, -0.2) is 33.1 Å². The molecule has 9 heteroatoms. The Balaban J connectivity index is 2.45. The number of methoxy groups -OCH3 is 1. The van der Waals surface area contributed by atoms with Crippen LogP contribution in [-0.2, 0) is 33.4 Å². The number of esters is 2. The van der Waals surface area contributed by atoms with Crippen molar-refractivity contribution >= 4 is 38.0 Å². The van der Waals surface area contributed by atoms with Crippen LogP contribution in [0.4, 0.5) is 0 Å². The Morgan fingerprint density at radius 2 is 1.83 bits per heavy atom. The summed E-state index contributed by atoms with van der Waals surface area (Å²) in [6.07, 6.45) is 0. The molecule has 0 N–H and O–H groups in total. The number of hydrogen-bond acceptors (Lipinski definition) is 7. The minimum Gasteiger partial charge on any atom is -0.466 e. The van der Waals surface area contributed by atoms with Crippen molar-refractivity contribution in [2.24, 2.45) is 0 Å². The molecule has 1 atom stereocenters. The van der Waals surface area contributed by atoms with E-state index in [1.807, 2.05) is 0 Å². The first kappa shape index (κ1) is 17.5. The Labute approximate surface area is 141 Å². The number of ether oxygens (including phenoxy) is 2. The van der Waals surface area contributed by atoms with Crippen LogP contribution in [0.25, 0.3) is 0 Å². The maximum atomic E-state index is 12.4. The average molecular weight is 405 g/mol. The predicted octanol–water partition coefficient (Wildman–Crippen LogP) is 1.92. The Kier molecular flexibility index (Phi) is 4.54. The van der Waals surface area contributed by atoms with Gasteiger partial charge >= 0.3 is 22.1 Å². The van der Waals surface area contributed by atoms with Crippen LogP contribution >= 0.6 is 15.9 Å². The lowest BCUT2D eigenvalue weighted by Crippen LogP contribution is -2.40. The summed E-state index contributed by atoms with van der Waals surface area (Å²) in [7, 11) is -3.16. The van der Waals surface area contributed by atoms with Gasteiger partial charge in [-0.15, -0.1) is 0 Å². The van der Waals surface area contributed by atoms with Gasteiger partial charge in [0.05, 0.1) is 12.7 Å². The largest absolute Gasteiger partial charge is 0.466 e. The first-order chi connectivity index (χ1) is 10.6. The molecule has 1 heterocycles. The van der Waals surface area contributed by atoms with E-state index in [1.54, 1.807) is 0 Å². The van der Waals surface area contributed by atoms with Gasteiger partial charge in [0.15, 0.2) is 5.76 Å². The van der Waals surface area contributed by atoms with E-state index in [2.05, 4.69) is 20.7 Å². The third kappa shape index (κ3) is 3.11. The summed E-state index contributed by atoms with van der Waals surface area (Å²) in [5.74, 6) is -2.19. The van der Waals surface area contributed by atoms with Crippen LogP contribution in [0.1, 0.15) is 13.8 Å². The fraction of sp³-hybridized carbons (Fsp3) is 0.286. The van der Waals surface area contributed by atoms with Crippen molar-refractivity contribution in [2.75, 3.05) is 7.11 Å². The Bertz CT molecular complexity index is 795. The lowest BCUT2D eigenvalue weighted by atomic mass is 10.0. The highest BCUT2D eigenvalue weighted by atomic mass is 79.9. The zero-order valence-corrected chi connectivity index (χ0v) is 14.9. The van der Waals surface area contributed by atoms with E-state index in [-0.39, 0.29) is 10.5 Å². The van der Waals surface area contributed by atoms with E-state index in [1.165, 1.54) is 38.1 Å². The molecule has 0 bridgehead atoms. The zero-order chi connectivity index (χ0) is 17.4. The quantitative estimate of drug-likeness (QED) is 0.558. The molecule has 0 fully saturated rings. The Morgan fingerprint density at radius 1 is 1.26 bits per heavy atom. The third-order valence-corrected chi connectivity index (χ3v) is 5.01. The second kappa shape index (κ2) is 5.97. The summed E-state index contributed by atoms with van der Waals surface area (Å²) in [6.45, 7) is 2.52. The van der Waals surface area contributed by atoms with Crippen molar-refractivity contribution in [1.82, 2.24) is 0 Å². The predicted molar refractivity (Wildman–Crippen MR) is 81.6 cm³/mol. The topological polar surface area (TPSA) is 96.0 Å². The highest BCUT2D eigenvalue weighted by molar-refractivity contribution is 9.10. The van der Waals surface area contributed by atoms with Gasteiger partial charge in [0.25, 0.3) is 5.60 Å². The lowest BCUT2D eigenvalue weighted by Gasteiger charge is -2.22. The van der Waals surface area contributed by atoms with Gasteiger partial charge in [0.1, 0.15) is 4.90 Å². The van der Waals surface area contributed by atoms with E-state index < -0.39 is 33.4 Å². The second-order valence-electron chi connectivity index (χ2n) is 4.86. The standard InChI is InChI=1S/C14H13BrO7S/c1-8-11(14(2,13(17)20-3)21-12(8)16)22-23(18,19)10-6-4-9(15)5-7-10/h4-7H,1-3H3. The molecular weight excluding hydrogens is 392 g/mol. The Morgan fingerprint density at radius 3 is 2.35 bits per heavy atom. The highest BCUT2D eigenvalue weighted by Crippen LogP contribution is 2.36. The molecule has 124 valence electrons. The van der Waals surface area contributed by atoms with Crippen molar-refractivity contribution in [3.63, 3.8) is 0 Å². The summed E-state index contributed by atoms with van der Waals surface area (Å²) in [4.78, 5) is 23.5. The molecule has 23 heavy (non-hydrogen) atoms. The van der Waals surface area contributed by atoms with Crippen molar-refractivity contribution < 1.29 is 31.7 Å². The summed E-state index contributed by atoms with van der Waals surface area (Å²) in [6, 6.07) is 5.69. The molecule has 1 aliphatic rings. The van der Waals surface area contributed by atoms with Crippen molar-refractivity contribution in [3.05, 3.63) is 40.1 Å². The number of carbonyl (C=O) groups is 2. The number of benzene rings is 1. The molecule has 7 nitrogen and oxygen atoms in total. The molecule has 1 aromatic carbocycles. The number of hydrogen-bond donors (Lipinski definition) is 0. The molecule has 0 radical (unpaired) electrons. The van der Waals surface area contributed by atoms with Crippen LogP contribution in [0.3, 0.4) is 0 Å². The molecule has 0 saturated heterocycles. The minimum absolute atomic E-state index is 0.112. The third-order valence-electron chi connectivity index (χ3n) is 3.25. The van der Waals surface area contributed by atoms with Crippen molar-refractivity contribution in [1.29, 1.82) is 0 Å². The average Bonchev–Trinajstić information content (AvgIpc) is 2.71. The molecule has 0 spiro atoms. The first-order valence-corrected chi connectivity index (χ1v) is 8.55. The first-order valence-electron chi connectivity index (χ1n) is 6.35. The van der Waals surface area contributed by atoms with Crippen LogP contribution in [0, 0.1) is 0 Å². The molecule has 0 aromatic heterocycles. The number of halogens is 1. The smallest absolute Gasteiger partial charge is 0.358 e.